The van der Waals surface area contributed by atoms with Crippen LogP contribution in [0.2, 0.25) is 0 Å². The van der Waals surface area contributed by atoms with Crippen LogP contribution in [0.3, 0.4) is 0 Å². The molecule has 2 unspecified atom stereocenters. The summed E-state index contributed by atoms with van der Waals surface area (Å²) in [4.78, 5) is 0.688. The predicted octanol–water partition coefficient (Wildman–Crippen LogP) is 0.565. The molecule has 1 aromatic heterocycles. The highest BCUT2D eigenvalue weighted by Crippen LogP contribution is 2.26. The first-order chi connectivity index (χ1) is 6.20. The van der Waals surface area contributed by atoms with Crippen LogP contribution in [-0.2, 0) is 6.61 Å². The number of aliphatic hydroxyl groups excluding tert-OH is 3. The van der Waals surface area contributed by atoms with Gasteiger partial charge < -0.3 is 15.3 Å². The lowest BCUT2D eigenvalue weighted by molar-refractivity contribution is 0.0329. The topological polar surface area (TPSA) is 60.7 Å². The van der Waals surface area contributed by atoms with Gasteiger partial charge in [0.25, 0.3) is 0 Å². The van der Waals surface area contributed by atoms with E-state index in [1.807, 2.05) is 0 Å². The van der Waals surface area contributed by atoms with Gasteiger partial charge in [-0.2, -0.15) is 12.6 Å². The van der Waals surface area contributed by atoms with Gasteiger partial charge in [-0.3, -0.25) is 0 Å². The van der Waals surface area contributed by atoms with Gasteiger partial charge in [0, 0.05) is 10.6 Å². The van der Waals surface area contributed by atoms with Gasteiger partial charge in [-0.05, 0) is 17.0 Å². The molecule has 0 saturated heterocycles. The van der Waals surface area contributed by atoms with Crippen LogP contribution >= 0.6 is 24.0 Å². The van der Waals surface area contributed by atoms with Gasteiger partial charge in [0.1, 0.15) is 6.10 Å². The molecule has 3 N–H and O–H groups in total. The zero-order valence-corrected chi connectivity index (χ0v) is 8.63. The van der Waals surface area contributed by atoms with E-state index in [2.05, 4.69) is 12.6 Å². The molecule has 0 amide bonds. The molecular weight excluding hydrogens is 208 g/mol. The molecule has 13 heavy (non-hydrogen) atoms. The first-order valence-electron chi connectivity index (χ1n) is 3.84. The maximum Gasteiger partial charge on any atom is 0.107 e. The van der Waals surface area contributed by atoms with E-state index in [4.69, 9.17) is 5.11 Å². The molecule has 0 bridgehead atoms. The summed E-state index contributed by atoms with van der Waals surface area (Å²) in [6, 6.07) is 1.70. The fraction of sp³-hybridized carbons (Fsp3) is 0.500. The normalized spacial score (nSPS) is 15.7. The number of aliphatic hydroxyl groups is 3. The van der Waals surface area contributed by atoms with Crippen LogP contribution in [0.1, 0.15) is 16.5 Å². The Morgan fingerprint density at radius 3 is 2.69 bits per heavy atom. The van der Waals surface area contributed by atoms with Gasteiger partial charge in [0.2, 0.25) is 0 Å². The van der Waals surface area contributed by atoms with Crippen molar-refractivity contribution in [1.82, 2.24) is 0 Å². The van der Waals surface area contributed by atoms with Gasteiger partial charge in [0.05, 0.1) is 12.7 Å². The fourth-order valence-electron chi connectivity index (χ4n) is 1.05. The molecule has 0 spiro atoms. The smallest absolute Gasteiger partial charge is 0.107 e. The molecule has 0 saturated carbocycles. The average Bonchev–Trinajstić information content (AvgIpc) is 2.62. The lowest BCUT2D eigenvalue weighted by Crippen LogP contribution is -2.20. The molecule has 1 rings (SSSR count). The van der Waals surface area contributed by atoms with Crippen LogP contribution in [0.5, 0.6) is 0 Å². The second-order valence-electron chi connectivity index (χ2n) is 2.65. The van der Waals surface area contributed by atoms with E-state index < -0.39 is 12.2 Å². The Morgan fingerprint density at radius 1 is 1.46 bits per heavy atom. The lowest BCUT2D eigenvalue weighted by atomic mass is 10.1. The third-order valence-corrected chi connectivity index (χ3v) is 3.09. The summed E-state index contributed by atoms with van der Waals surface area (Å²) in [7, 11) is 0. The summed E-state index contributed by atoms with van der Waals surface area (Å²) >= 11 is 5.24. The molecule has 2 atom stereocenters. The second-order valence-corrected chi connectivity index (χ2v) is 4.02. The van der Waals surface area contributed by atoms with Crippen molar-refractivity contribution in [3.05, 3.63) is 21.9 Å². The largest absolute Gasteiger partial charge is 0.391 e. The highest BCUT2D eigenvalue weighted by atomic mass is 32.1. The number of thiophene rings is 1. The van der Waals surface area contributed by atoms with E-state index in [0.29, 0.717) is 10.4 Å². The number of hydrogen-bond acceptors (Lipinski definition) is 5. The lowest BCUT2D eigenvalue weighted by Gasteiger charge is -2.15. The molecule has 0 aliphatic heterocycles. The van der Waals surface area contributed by atoms with E-state index in [0.717, 1.165) is 0 Å². The van der Waals surface area contributed by atoms with E-state index in [9.17, 15) is 10.2 Å². The maximum atomic E-state index is 9.59. The quantitative estimate of drug-likeness (QED) is 0.561. The molecule has 1 heterocycles. The fourth-order valence-corrected chi connectivity index (χ4v) is 2.03. The van der Waals surface area contributed by atoms with Gasteiger partial charge in [-0.25, -0.2) is 0 Å². The predicted molar refractivity (Wildman–Crippen MR) is 55.1 cm³/mol. The van der Waals surface area contributed by atoms with Crippen LogP contribution < -0.4 is 0 Å². The van der Waals surface area contributed by atoms with Crippen LogP contribution in [-0.4, -0.2) is 27.2 Å². The first kappa shape index (κ1) is 11.0. The molecule has 0 aliphatic carbocycles. The number of thiol groups is 1. The highest BCUT2D eigenvalue weighted by Gasteiger charge is 2.20. The summed E-state index contributed by atoms with van der Waals surface area (Å²) in [5.74, 6) is 0.196. The molecule has 1 aromatic rings. The SMILES string of the molecule is OCc1sccc1C(O)C(O)CS. The summed E-state index contributed by atoms with van der Waals surface area (Å²) in [6.07, 6.45) is -1.84. The van der Waals surface area contributed by atoms with Crippen molar-refractivity contribution in [3.8, 4) is 0 Å². The maximum absolute atomic E-state index is 9.59. The Labute approximate surface area is 86.1 Å². The standard InChI is InChI=1S/C8H12O3S2/c9-3-7-5(1-2-13-7)8(11)6(10)4-12/h1-2,6,8-12H,3-4H2. The third kappa shape index (κ3) is 2.45. The molecule has 5 heteroatoms. The first-order valence-corrected chi connectivity index (χ1v) is 5.36. The van der Waals surface area contributed by atoms with Crippen molar-refractivity contribution in [2.75, 3.05) is 5.75 Å². The zero-order chi connectivity index (χ0) is 9.84. The minimum atomic E-state index is -0.953. The zero-order valence-electron chi connectivity index (χ0n) is 6.92. The van der Waals surface area contributed by atoms with Crippen molar-refractivity contribution in [2.45, 2.75) is 18.8 Å². The Hall–Kier alpha value is -0.0700. The number of hydrogen-bond donors (Lipinski definition) is 4. The molecule has 0 aliphatic rings. The van der Waals surface area contributed by atoms with Crippen molar-refractivity contribution < 1.29 is 15.3 Å². The van der Waals surface area contributed by atoms with Gasteiger partial charge >= 0.3 is 0 Å². The molecule has 74 valence electrons. The van der Waals surface area contributed by atoms with Gasteiger partial charge in [-0.1, -0.05) is 0 Å². The van der Waals surface area contributed by atoms with E-state index in [1.54, 1.807) is 11.4 Å². The van der Waals surface area contributed by atoms with Gasteiger partial charge in [0.15, 0.2) is 0 Å². The Balaban J connectivity index is 2.81. The summed E-state index contributed by atoms with van der Waals surface area (Å²) < 4.78 is 0. The highest BCUT2D eigenvalue weighted by molar-refractivity contribution is 7.80. The third-order valence-electron chi connectivity index (χ3n) is 1.79. The van der Waals surface area contributed by atoms with E-state index in [1.165, 1.54) is 11.3 Å². The van der Waals surface area contributed by atoms with Crippen LogP contribution in [0.4, 0.5) is 0 Å². The van der Waals surface area contributed by atoms with Crippen LogP contribution in [0, 0.1) is 0 Å². The second kappa shape index (κ2) is 4.97. The van der Waals surface area contributed by atoms with Crippen LogP contribution in [0.25, 0.3) is 0 Å². The molecule has 0 aromatic carbocycles. The monoisotopic (exact) mass is 220 g/mol. The Bertz CT molecular complexity index is 262. The van der Waals surface area contributed by atoms with Crippen molar-refractivity contribution in [3.63, 3.8) is 0 Å². The van der Waals surface area contributed by atoms with E-state index >= 15 is 0 Å². The average molecular weight is 220 g/mol. The number of rotatable bonds is 4. The molecule has 0 radical (unpaired) electrons. The summed E-state index contributed by atoms with van der Waals surface area (Å²) in [6.45, 7) is -0.108. The van der Waals surface area contributed by atoms with Crippen molar-refractivity contribution in [2.24, 2.45) is 0 Å². The summed E-state index contributed by atoms with van der Waals surface area (Å²) in [5.41, 5.74) is 0.592. The van der Waals surface area contributed by atoms with Crippen molar-refractivity contribution >= 4 is 24.0 Å². The molecule has 3 nitrogen and oxygen atoms in total. The van der Waals surface area contributed by atoms with Crippen LogP contribution in [0.15, 0.2) is 11.4 Å². The Kier molecular flexibility index (Phi) is 4.21. The molecule has 0 fully saturated rings. The minimum Gasteiger partial charge on any atom is -0.391 e. The Morgan fingerprint density at radius 2 is 2.15 bits per heavy atom. The van der Waals surface area contributed by atoms with E-state index in [-0.39, 0.29) is 12.4 Å². The summed E-state index contributed by atoms with van der Waals surface area (Å²) in [5, 5.41) is 29.6. The van der Waals surface area contributed by atoms with Gasteiger partial charge in [-0.15, -0.1) is 11.3 Å². The molecular formula is C8H12O3S2. The minimum absolute atomic E-state index is 0.108. The van der Waals surface area contributed by atoms with Crippen molar-refractivity contribution in [1.29, 1.82) is 0 Å².